The first-order valence-electron chi connectivity index (χ1n) is 9.77. The Hall–Kier alpha value is -3.94. The average Bonchev–Trinajstić information content (AvgIpc) is 3.34. The van der Waals surface area contributed by atoms with E-state index in [1.54, 1.807) is 18.3 Å². The molecule has 8 heteroatoms. The molecule has 4 aromatic rings. The Labute approximate surface area is 178 Å². The number of nitrogens with one attached hydrogen (secondary N) is 2. The second-order valence-corrected chi connectivity index (χ2v) is 8.40. The largest absolute Gasteiger partial charge is 0.477 e. The molecule has 0 bridgehead atoms. The summed E-state index contributed by atoms with van der Waals surface area (Å²) in [6.07, 6.45) is 1.89. The number of aromatic nitrogens is 3. The first kappa shape index (κ1) is 20.3. The van der Waals surface area contributed by atoms with Crippen molar-refractivity contribution in [2.24, 2.45) is 0 Å². The fourth-order valence-electron chi connectivity index (χ4n) is 3.16. The molecule has 0 radical (unpaired) electrons. The van der Waals surface area contributed by atoms with E-state index >= 15 is 0 Å². The Balaban J connectivity index is 1.44. The monoisotopic (exact) mass is 418 g/mol. The lowest BCUT2D eigenvalue weighted by molar-refractivity contribution is -0.115. The topological polar surface area (TPSA) is 121 Å². The van der Waals surface area contributed by atoms with Crippen molar-refractivity contribution in [3.63, 3.8) is 0 Å². The molecule has 0 saturated carbocycles. The fraction of sp³-hybridized carbons (Fsp3) is 0.217. The van der Waals surface area contributed by atoms with Gasteiger partial charge in [-0.15, -0.1) is 0 Å². The van der Waals surface area contributed by atoms with Gasteiger partial charge in [-0.25, -0.2) is 9.78 Å². The van der Waals surface area contributed by atoms with Crippen molar-refractivity contribution in [3.8, 4) is 11.1 Å². The summed E-state index contributed by atoms with van der Waals surface area (Å²) in [5.74, 6) is -0.102. The molecule has 0 saturated heterocycles. The number of carbonyl (C=O) groups excluding carboxylic acids is 1. The summed E-state index contributed by atoms with van der Waals surface area (Å²) in [6, 6.07) is 12.7. The van der Waals surface area contributed by atoms with Gasteiger partial charge in [-0.2, -0.15) is 0 Å². The van der Waals surface area contributed by atoms with Crippen molar-refractivity contribution in [2.75, 3.05) is 5.32 Å². The van der Waals surface area contributed by atoms with Gasteiger partial charge in [0.15, 0.2) is 5.82 Å². The summed E-state index contributed by atoms with van der Waals surface area (Å²) in [6.45, 7) is 6.03. The average molecular weight is 418 g/mol. The van der Waals surface area contributed by atoms with Gasteiger partial charge in [0.2, 0.25) is 5.91 Å². The lowest BCUT2D eigenvalue weighted by Crippen LogP contribution is -2.14. The number of carboxylic acids is 1. The van der Waals surface area contributed by atoms with Crippen molar-refractivity contribution in [3.05, 3.63) is 65.7 Å². The third kappa shape index (κ3) is 4.48. The third-order valence-corrected chi connectivity index (χ3v) is 4.87. The highest BCUT2D eigenvalue weighted by Crippen LogP contribution is 2.25. The van der Waals surface area contributed by atoms with Crippen molar-refractivity contribution >= 4 is 28.7 Å². The van der Waals surface area contributed by atoms with Crippen LogP contribution in [0.1, 0.15) is 42.6 Å². The van der Waals surface area contributed by atoms with Crippen molar-refractivity contribution in [1.29, 1.82) is 0 Å². The van der Waals surface area contributed by atoms with E-state index in [9.17, 15) is 9.59 Å². The lowest BCUT2D eigenvalue weighted by atomic mass is 9.93. The summed E-state index contributed by atoms with van der Waals surface area (Å²) >= 11 is 0. The van der Waals surface area contributed by atoms with Gasteiger partial charge in [-0.1, -0.05) is 50.2 Å². The second kappa shape index (κ2) is 7.71. The molecule has 1 amide bonds. The highest BCUT2D eigenvalue weighted by atomic mass is 16.5. The van der Waals surface area contributed by atoms with Crippen LogP contribution in [0, 0.1) is 0 Å². The van der Waals surface area contributed by atoms with Crippen LogP contribution in [0.25, 0.3) is 22.2 Å². The van der Waals surface area contributed by atoms with Crippen molar-refractivity contribution in [2.45, 2.75) is 32.6 Å². The van der Waals surface area contributed by atoms with Gasteiger partial charge >= 0.3 is 5.97 Å². The summed E-state index contributed by atoms with van der Waals surface area (Å²) in [5.41, 5.74) is 3.07. The van der Waals surface area contributed by atoms with Gasteiger partial charge in [0.05, 0.1) is 6.42 Å². The molecule has 0 unspecified atom stereocenters. The summed E-state index contributed by atoms with van der Waals surface area (Å²) in [7, 11) is 0. The van der Waals surface area contributed by atoms with E-state index in [2.05, 4.69) is 20.4 Å². The van der Waals surface area contributed by atoms with E-state index in [1.165, 1.54) is 0 Å². The fourth-order valence-corrected chi connectivity index (χ4v) is 3.16. The van der Waals surface area contributed by atoms with Gasteiger partial charge in [-0.3, -0.25) is 4.79 Å². The third-order valence-electron chi connectivity index (χ3n) is 4.87. The van der Waals surface area contributed by atoms with E-state index in [0.717, 1.165) is 22.1 Å². The minimum atomic E-state index is -1.03. The molecule has 158 valence electrons. The van der Waals surface area contributed by atoms with Crippen LogP contribution >= 0.6 is 0 Å². The molecule has 0 fully saturated rings. The maximum absolute atomic E-state index is 12.3. The minimum absolute atomic E-state index is 0.0998. The molecule has 0 aliphatic heterocycles. The van der Waals surface area contributed by atoms with E-state index in [-0.39, 0.29) is 23.4 Å². The smallest absolute Gasteiger partial charge is 0.352 e. The van der Waals surface area contributed by atoms with Crippen LogP contribution in [0.5, 0.6) is 0 Å². The molecular weight excluding hydrogens is 396 g/mol. The number of rotatable bonds is 5. The molecule has 3 N–H and O–H groups in total. The number of amides is 1. The van der Waals surface area contributed by atoms with E-state index in [4.69, 9.17) is 9.63 Å². The number of fused-ring (bicyclic) bond motifs is 1. The van der Waals surface area contributed by atoms with E-state index in [0.29, 0.717) is 17.2 Å². The molecule has 0 spiro atoms. The zero-order valence-electron chi connectivity index (χ0n) is 17.4. The number of aromatic carboxylic acids is 1. The molecule has 0 aliphatic rings. The van der Waals surface area contributed by atoms with E-state index < -0.39 is 5.97 Å². The normalized spacial score (nSPS) is 11.6. The summed E-state index contributed by atoms with van der Waals surface area (Å²) in [4.78, 5) is 30.5. The first-order valence-corrected chi connectivity index (χ1v) is 9.77. The number of aromatic amines is 1. The Morgan fingerprint density at radius 3 is 2.48 bits per heavy atom. The number of pyridine rings is 1. The van der Waals surface area contributed by atoms with Crippen molar-refractivity contribution in [1.82, 2.24) is 15.1 Å². The molecule has 3 heterocycles. The Bertz CT molecular complexity index is 1260. The van der Waals surface area contributed by atoms with E-state index in [1.807, 2.05) is 51.1 Å². The van der Waals surface area contributed by atoms with Gasteiger partial charge < -0.3 is 19.9 Å². The molecule has 3 aromatic heterocycles. The molecule has 31 heavy (non-hydrogen) atoms. The molecule has 8 nitrogen and oxygen atoms in total. The Morgan fingerprint density at radius 1 is 1.10 bits per heavy atom. The number of hydrogen-bond acceptors (Lipinski definition) is 5. The molecule has 4 rings (SSSR count). The van der Waals surface area contributed by atoms with Crippen LogP contribution in [-0.4, -0.2) is 32.1 Å². The lowest BCUT2D eigenvalue weighted by Gasteiger charge is -2.12. The number of anilines is 1. The van der Waals surface area contributed by atoms with Crippen LogP contribution in [0.4, 0.5) is 5.82 Å². The number of benzene rings is 1. The van der Waals surface area contributed by atoms with Gasteiger partial charge in [0.1, 0.15) is 17.1 Å². The van der Waals surface area contributed by atoms with Gasteiger partial charge in [0, 0.05) is 28.6 Å². The SMILES string of the molecule is CC(C)(C)c1cc(NC(=O)Cc2ccc(-c3cnc4[nH]c(C(=O)O)cc4c3)cc2)no1. The number of nitrogens with zero attached hydrogens (tertiary/aromatic N) is 2. The zero-order valence-corrected chi connectivity index (χ0v) is 17.4. The van der Waals surface area contributed by atoms with Gasteiger partial charge in [0.25, 0.3) is 0 Å². The number of hydrogen-bond donors (Lipinski definition) is 3. The molecule has 1 aromatic carbocycles. The molecule has 0 atom stereocenters. The second-order valence-electron chi connectivity index (χ2n) is 8.40. The van der Waals surface area contributed by atoms with Gasteiger partial charge in [-0.05, 0) is 23.3 Å². The highest BCUT2D eigenvalue weighted by molar-refractivity contribution is 5.94. The van der Waals surface area contributed by atoms with Crippen LogP contribution < -0.4 is 5.32 Å². The summed E-state index contributed by atoms with van der Waals surface area (Å²) < 4.78 is 5.28. The Morgan fingerprint density at radius 2 is 1.84 bits per heavy atom. The number of carboxylic acid groups (broad SMARTS) is 1. The predicted octanol–water partition coefficient (Wildman–Crippen LogP) is 4.39. The predicted molar refractivity (Wildman–Crippen MR) is 116 cm³/mol. The number of H-pyrrole nitrogens is 1. The maximum atomic E-state index is 12.3. The first-order chi connectivity index (χ1) is 14.7. The summed E-state index contributed by atoms with van der Waals surface area (Å²) in [5, 5.41) is 16.5. The Kier molecular flexibility index (Phi) is 5.06. The maximum Gasteiger partial charge on any atom is 0.352 e. The quantitative estimate of drug-likeness (QED) is 0.442. The van der Waals surface area contributed by atoms with Crippen LogP contribution in [-0.2, 0) is 16.6 Å². The van der Waals surface area contributed by atoms with Crippen molar-refractivity contribution < 1.29 is 19.2 Å². The highest BCUT2D eigenvalue weighted by Gasteiger charge is 2.20. The molecule has 0 aliphatic carbocycles. The van der Waals surface area contributed by atoms with Crippen LogP contribution in [0.3, 0.4) is 0 Å². The standard InChI is InChI=1S/C23H22N4O4/c1-23(2,3)18-11-19(27-31-18)26-20(28)8-13-4-6-14(7-5-13)16-9-15-10-17(22(29)30)25-21(15)24-12-16/h4-7,9-12H,8H2,1-3H3,(H,24,25)(H,29,30)(H,26,27,28). The number of carbonyl (C=O) groups is 2. The zero-order chi connectivity index (χ0) is 22.2. The minimum Gasteiger partial charge on any atom is -0.477 e. The van der Waals surface area contributed by atoms with Crippen LogP contribution in [0.15, 0.2) is 53.2 Å². The molecular formula is C23H22N4O4. The van der Waals surface area contributed by atoms with Crippen LogP contribution in [0.2, 0.25) is 0 Å².